The van der Waals surface area contributed by atoms with E-state index >= 15 is 4.39 Å². The first-order valence-corrected chi connectivity index (χ1v) is 12.2. The summed E-state index contributed by atoms with van der Waals surface area (Å²) in [4.78, 5) is 0. The minimum Gasteiger partial charge on any atom is -0.206 e. The topological polar surface area (TPSA) is 0 Å². The van der Waals surface area contributed by atoms with Crippen LogP contribution < -0.4 is 0 Å². The van der Waals surface area contributed by atoms with Crippen molar-refractivity contribution in [3.63, 3.8) is 0 Å². The van der Waals surface area contributed by atoms with Crippen molar-refractivity contribution < 1.29 is 13.2 Å². The Kier molecular flexibility index (Phi) is 7.45. The van der Waals surface area contributed by atoms with Gasteiger partial charge in [-0.3, -0.25) is 0 Å². The molecule has 1 saturated carbocycles. The van der Waals surface area contributed by atoms with Crippen molar-refractivity contribution >= 4 is 22.4 Å². The van der Waals surface area contributed by atoms with Crippen molar-refractivity contribution in [2.24, 2.45) is 5.92 Å². The maximum absolute atomic E-state index is 15.2. The van der Waals surface area contributed by atoms with E-state index in [4.69, 9.17) is 11.6 Å². The van der Waals surface area contributed by atoms with E-state index in [0.717, 1.165) is 23.4 Å². The van der Waals surface area contributed by atoms with Gasteiger partial charge in [-0.2, -0.15) is 0 Å². The Bertz CT molecular complexity index is 1060. The van der Waals surface area contributed by atoms with Crippen LogP contribution in [0.4, 0.5) is 13.2 Å². The number of hydrogen-bond acceptors (Lipinski definition) is 0. The molecule has 0 nitrogen and oxygen atoms in total. The van der Waals surface area contributed by atoms with E-state index in [-0.39, 0.29) is 11.1 Å². The second-order valence-corrected chi connectivity index (χ2v) is 9.61. The molecule has 170 valence electrons. The van der Waals surface area contributed by atoms with Gasteiger partial charge in [0, 0.05) is 10.9 Å². The van der Waals surface area contributed by atoms with Crippen LogP contribution in [0.5, 0.6) is 0 Å². The van der Waals surface area contributed by atoms with Crippen LogP contribution in [0, 0.1) is 23.4 Å². The Morgan fingerprint density at radius 2 is 1.56 bits per heavy atom. The summed E-state index contributed by atoms with van der Waals surface area (Å²) in [5.74, 6) is -0.877. The van der Waals surface area contributed by atoms with Gasteiger partial charge in [0.1, 0.15) is 22.5 Å². The van der Waals surface area contributed by atoms with Crippen molar-refractivity contribution in [1.82, 2.24) is 0 Å². The molecule has 4 heteroatoms. The summed E-state index contributed by atoms with van der Waals surface area (Å²) in [6.07, 6.45) is 11.6. The van der Waals surface area contributed by atoms with Crippen molar-refractivity contribution in [2.75, 3.05) is 0 Å². The predicted molar refractivity (Wildman–Crippen MR) is 128 cm³/mol. The molecule has 4 rings (SSSR count). The Morgan fingerprint density at radius 1 is 0.844 bits per heavy atom. The molecular formula is C28H30ClF3. The summed E-state index contributed by atoms with van der Waals surface area (Å²) in [5.41, 5.74) is 1.58. The van der Waals surface area contributed by atoms with E-state index < -0.39 is 22.5 Å². The highest BCUT2D eigenvalue weighted by Gasteiger charge is 2.23. The lowest BCUT2D eigenvalue weighted by molar-refractivity contribution is 0.302. The molecule has 1 aliphatic rings. The maximum Gasteiger partial charge on any atom is 0.145 e. The number of benzene rings is 3. The molecule has 0 amide bonds. The molecular weight excluding hydrogens is 429 g/mol. The van der Waals surface area contributed by atoms with E-state index in [9.17, 15) is 8.78 Å². The van der Waals surface area contributed by atoms with Gasteiger partial charge in [-0.25, -0.2) is 13.2 Å². The number of rotatable bonds is 7. The normalized spacial score (nSPS) is 18.9. The van der Waals surface area contributed by atoms with Crippen LogP contribution in [0.3, 0.4) is 0 Å². The number of halogens is 4. The largest absolute Gasteiger partial charge is 0.206 e. The summed E-state index contributed by atoms with van der Waals surface area (Å²) < 4.78 is 43.0. The van der Waals surface area contributed by atoms with Gasteiger partial charge >= 0.3 is 0 Å². The zero-order chi connectivity index (χ0) is 22.7. The zero-order valence-electron chi connectivity index (χ0n) is 18.6. The molecule has 1 fully saturated rings. The Morgan fingerprint density at radius 3 is 2.25 bits per heavy atom. The average molecular weight is 459 g/mol. The lowest BCUT2D eigenvalue weighted by atomic mass is 9.76. The molecule has 0 heterocycles. The van der Waals surface area contributed by atoms with Crippen LogP contribution in [0.2, 0.25) is 5.02 Å². The third-order valence-electron chi connectivity index (χ3n) is 7.06. The van der Waals surface area contributed by atoms with Gasteiger partial charge in [0.15, 0.2) is 0 Å². The molecule has 32 heavy (non-hydrogen) atoms. The predicted octanol–water partition coefficient (Wildman–Crippen LogP) is 9.82. The monoisotopic (exact) mass is 458 g/mol. The highest BCUT2D eigenvalue weighted by molar-refractivity contribution is 6.31. The zero-order valence-corrected chi connectivity index (χ0v) is 19.3. The summed E-state index contributed by atoms with van der Waals surface area (Å²) >= 11 is 5.57. The second kappa shape index (κ2) is 10.3. The van der Waals surface area contributed by atoms with E-state index in [2.05, 4.69) is 13.0 Å². The first kappa shape index (κ1) is 23.2. The van der Waals surface area contributed by atoms with Gasteiger partial charge in [-0.15, -0.1) is 0 Å². The number of fused-ring (bicyclic) bond motifs is 1. The van der Waals surface area contributed by atoms with Crippen molar-refractivity contribution in [1.29, 1.82) is 0 Å². The minimum atomic E-state index is -0.891. The summed E-state index contributed by atoms with van der Waals surface area (Å²) in [5, 5.41) is 0.710. The SMILES string of the molecule is CCCCCC[C@H]1CC[C@H](c2ccc3c(F)c(-c4cc(F)c(Cl)c(F)c4)ccc3c2)CC1. The van der Waals surface area contributed by atoms with Crippen LogP contribution >= 0.6 is 11.6 Å². The second-order valence-electron chi connectivity index (χ2n) is 9.23. The molecule has 0 radical (unpaired) electrons. The Labute approximate surface area is 193 Å². The Hall–Kier alpha value is -2.00. The molecule has 0 bridgehead atoms. The fraction of sp³-hybridized carbons (Fsp3) is 0.429. The fourth-order valence-electron chi connectivity index (χ4n) is 5.14. The molecule has 3 aromatic carbocycles. The average Bonchev–Trinajstić information content (AvgIpc) is 2.80. The van der Waals surface area contributed by atoms with Crippen molar-refractivity contribution in [2.45, 2.75) is 70.6 Å². The highest BCUT2D eigenvalue weighted by atomic mass is 35.5. The Balaban J connectivity index is 1.49. The summed E-state index contributed by atoms with van der Waals surface area (Å²) in [6.45, 7) is 2.25. The van der Waals surface area contributed by atoms with Gasteiger partial charge < -0.3 is 0 Å². The molecule has 0 saturated heterocycles. The minimum absolute atomic E-state index is 0.144. The van der Waals surface area contributed by atoms with Gasteiger partial charge in [-0.05, 0) is 66.2 Å². The van der Waals surface area contributed by atoms with Gasteiger partial charge in [-0.1, -0.05) is 81.0 Å². The van der Waals surface area contributed by atoms with E-state index in [1.165, 1.54) is 63.4 Å². The molecule has 0 N–H and O–H groups in total. The van der Waals surface area contributed by atoms with Crippen LogP contribution in [0.1, 0.15) is 76.2 Å². The lowest BCUT2D eigenvalue weighted by Crippen LogP contribution is -2.13. The number of hydrogen-bond donors (Lipinski definition) is 0. The van der Waals surface area contributed by atoms with E-state index in [0.29, 0.717) is 11.3 Å². The molecule has 0 aliphatic heterocycles. The van der Waals surface area contributed by atoms with E-state index in [1.807, 2.05) is 18.2 Å². The van der Waals surface area contributed by atoms with Gasteiger partial charge in [0.2, 0.25) is 0 Å². The molecule has 0 aromatic heterocycles. The van der Waals surface area contributed by atoms with Crippen LogP contribution in [0.25, 0.3) is 21.9 Å². The van der Waals surface area contributed by atoms with Gasteiger partial charge in [0.05, 0.1) is 0 Å². The summed E-state index contributed by atoms with van der Waals surface area (Å²) in [7, 11) is 0. The molecule has 0 unspecified atom stereocenters. The van der Waals surface area contributed by atoms with E-state index in [1.54, 1.807) is 6.07 Å². The molecule has 3 aromatic rings. The third kappa shape index (κ3) is 4.98. The van der Waals surface area contributed by atoms with Crippen molar-refractivity contribution in [3.8, 4) is 11.1 Å². The lowest BCUT2D eigenvalue weighted by Gasteiger charge is -2.29. The van der Waals surface area contributed by atoms with Crippen molar-refractivity contribution in [3.05, 3.63) is 70.5 Å². The molecule has 0 spiro atoms. The highest BCUT2D eigenvalue weighted by Crippen LogP contribution is 2.39. The summed E-state index contributed by atoms with van der Waals surface area (Å²) in [6, 6.07) is 11.5. The van der Waals surface area contributed by atoms with Crippen LogP contribution in [-0.4, -0.2) is 0 Å². The first-order chi connectivity index (χ1) is 15.5. The molecule has 1 aliphatic carbocycles. The fourth-order valence-corrected chi connectivity index (χ4v) is 5.25. The van der Waals surface area contributed by atoms with Crippen LogP contribution in [0.15, 0.2) is 42.5 Å². The number of unbranched alkanes of at least 4 members (excludes halogenated alkanes) is 3. The van der Waals surface area contributed by atoms with Gasteiger partial charge in [0.25, 0.3) is 0 Å². The smallest absolute Gasteiger partial charge is 0.145 e. The first-order valence-electron chi connectivity index (χ1n) is 11.8. The quantitative estimate of drug-likeness (QED) is 0.244. The van der Waals surface area contributed by atoms with Crippen LogP contribution in [-0.2, 0) is 0 Å². The third-order valence-corrected chi connectivity index (χ3v) is 7.42. The maximum atomic E-state index is 15.2. The standard InChI is InChI=1S/C28H30ClF3/c1-2-3-4-5-6-18-7-9-19(10-8-18)20-11-13-23-21(15-20)12-14-24(28(23)32)22-16-25(30)27(29)26(31)17-22/h11-19H,2-10H2,1H3/t18-,19-. The molecule has 0 atom stereocenters.